The molecule has 2 rings (SSSR count). The first-order chi connectivity index (χ1) is 8.28. The van der Waals surface area contributed by atoms with Gasteiger partial charge in [-0.1, -0.05) is 35.9 Å². The van der Waals surface area contributed by atoms with E-state index in [1.54, 1.807) is 18.5 Å². The van der Waals surface area contributed by atoms with Crippen LogP contribution in [-0.4, -0.2) is 4.98 Å². The van der Waals surface area contributed by atoms with Crippen molar-refractivity contribution in [2.75, 3.05) is 0 Å². The van der Waals surface area contributed by atoms with Gasteiger partial charge in [-0.3, -0.25) is 4.98 Å². The molecule has 1 heterocycles. The molecule has 0 saturated carbocycles. The zero-order valence-electron chi connectivity index (χ0n) is 9.27. The van der Waals surface area contributed by atoms with Crippen LogP contribution in [0.3, 0.4) is 0 Å². The topological polar surface area (TPSA) is 48.1 Å². The van der Waals surface area contributed by atoms with E-state index >= 15 is 0 Å². The quantitative estimate of drug-likeness (QED) is 0.905. The maximum atomic E-state index is 5.81. The Hall–Kier alpha value is -1.58. The third-order valence-corrected chi connectivity index (χ3v) is 2.55. The molecular formula is C13H13ClN2O. The zero-order valence-corrected chi connectivity index (χ0v) is 10.0. The van der Waals surface area contributed by atoms with Crippen LogP contribution in [-0.2, 0) is 13.2 Å². The number of rotatable bonds is 4. The van der Waals surface area contributed by atoms with Gasteiger partial charge in [0.15, 0.2) is 0 Å². The van der Waals surface area contributed by atoms with Gasteiger partial charge in [0.25, 0.3) is 0 Å². The summed E-state index contributed by atoms with van der Waals surface area (Å²) in [6.07, 6.45) is 3.21. The van der Waals surface area contributed by atoms with Gasteiger partial charge < -0.3 is 10.5 Å². The summed E-state index contributed by atoms with van der Waals surface area (Å²) in [5, 5.41) is 0.570. The first kappa shape index (κ1) is 11.9. The van der Waals surface area contributed by atoms with Gasteiger partial charge >= 0.3 is 0 Å². The number of ether oxygens (including phenoxy) is 1. The second kappa shape index (κ2) is 5.66. The maximum absolute atomic E-state index is 5.81. The summed E-state index contributed by atoms with van der Waals surface area (Å²) in [5.74, 6) is 0.667. The lowest BCUT2D eigenvalue weighted by atomic mass is 10.1. The van der Waals surface area contributed by atoms with Crippen molar-refractivity contribution in [2.24, 2.45) is 5.73 Å². The summed E-state index contributed by atoms with van der Waals surface area (Å²) in [5.41, 5.74) is 7.72. The average molecular weight is 249 g/mol. The highest BCUT2D eigenvalue weighted by Gasteiger charge is 1.98. The number of pyridine rings is 1. The number of nitrogens with two attached hydrogens (primary N) is 1. The molecule has 0 aliphatic carbocycles. The third-order valence-electron chi connectivity index (χ3n) is 2.34. The van der Waals surface area contributed by atoms with Crippen LogP contribution in [0.1, 0.15) is 11.1 Å². The molecule has 0 fully saturated rings. The number of halogens is 1. The number of hydrogen-bond acceptors (Lipinski definition) is 3. The SMILES string of the molecule is NCc1ccc(COc2cncc(Cl)c2)cc1. The van der Waals surface area contributed by atoms with Crippen molar-refractivity contribution in [1.82, 2.24) is 4.98 Å². The molecule has 0 atom stereocenters. The highest BCUT2D eigenvalue weighted by Crippen LogP contribution is 2.16. The van der Waals surface area contributed by atoms with Gasteiger partial charge in [-0.05, 0) is 11.1 Å². The number of hydrogen-bond donors (Lipinski definition) is 1. The van der Waals surface area contributed by atoms with Crippen molar-refractivity contribution in [3.05, 3.63) is 58.9 Å². The van der Waals surface area contributed by atoms with Crippen molar-refractivity contribution >= 4 is 11.6 Å². The van der Waals surface area contributed by atoms with Gasteiger partial charge in [-0.2, -0.15) is 0 Å². The van der Waals surface area contributed by atoms with E-state index in [0.29, 0.717) is 23.9 Å². The fourth-order valence-corrected chi connectivity index (χ4v) is 1.57. The Balaban J connectivity index is 1.97. The molecule has 0 amide bonds. The van der Waals surface area contributed by atoms with Crippen LogP contribution in [0.4, 0.5) is 0 Å². The highest BCUT2D eigenvalue weighted by molar-refractivity contribution is 6.30. The van der Waals surface area contributed by atoms with Gasteiger partial charge in [0, 0.05) is 18.8 Å². The minimum atomic E-state index is 0.493. The largest absolute Gasteiger partial charge is 0.487 e. The fourth-order valence-electron chi connectivity index (χ4n) is 1.41. The van der Waals surface area contributed by atoms with Gasteiger partial charge in [0.2, 0.25) is 0 Å². The average Bonchev–Trinajstić information content (AvgIpc) is 2.37. The first-order valence-corrected chi connectivity index (χ1v) is 5.67. The predicted octanol–water partition coefficient (Wildman–Crippen LogP) is 2.77. The van der Waals surface area contributed by atoms with Crippen molar-refractivity contribution in [2.45, 2.75) is 13.2 Å². The predicted molar refractivity (Wildman–Crippen MR) is 67.9 cm³/mol. The monoisotopic (exact) mass is 248 g/mol. The van der Waals surface area contributed by atoms with E-state index in [1.807, 2.05) is 24.3 Å². The van der Waals surface area contributed by atoms with Crippen molar-refractivity contribution in [3.8, 4) is 5.75 Å². The van der Waals surface area contributed by atoms with E-state index in [-0.39, 0.29) is 0 Å². The van der Waals surface area contributed by atoms with Crippen LogP contribution >= 0.6 is 11.6 Å². The van der Waals surface area contributed by atoms with E-state index in [1.165, 1.54) is 0 Å². The maximum Gasteiger partial charge on any atom is 0.139 e. The smallest absolute Gasteiger partial charge is 0.139 e. The van der Waals surface area contributed by atoms with Gasteiger partial charge in [-0.25, -0.2) is 0 Å². The Morgan fingerprint density at radius 3 is 2.47 bits per heavy atom. The van der Waals surface area contributed by atoms with Crippen LogP contribution in [0.25, 0.3) is 0 Å². The molecule has 0 saturated heterocycles. The second-order valence-electron chi connectivity index (χ2n) is 3.65. The van der Waals surface area contributed by atoms with E-state index in [0.717, 1.165) is 11.1 Å². The van der Waals surface area contributed by atoms with E-state index in [2.05, 4.69) is 4.98 Å². The van der Waals surface area contributed by atoms with Crippen LogP contribution < -0.4 is 10.5 Å². The Kier molecular flexibility index (Phi) is 3.96. The summed E-state index contributed by atoms with van der Waals surface area (Å²) in [6.45, 7) is 1.05. The number of nitrogens with zero attached hydrogens (tertiary/aromatic N) is 1. The molecule has 4 heteroatoms. The summed E-state index contributed by atoms with van der Waals surface area (Å²) in [4.78, 5) is 3.95. The Bertz CT molecular complexity index is 485. The van der Waals surface area contributed by atoms with E-state index in [9.17, 15) is 0 Å². The molecule has 2 aromatic rings. The lowest BCUT2D eigenvalue weighted by molar-refractivity contribution is 0.305. The van der Waals surface area contributed by atoms with Crippen LogP contribution in [0.15, 0.2) is 42.7 Å². The third kappa shape index (κ3) is 3.44. The molecule has 0 bridgehead atoms. The number of aromatic nitrogens is 1. The fraction of sp³-hybridized carbons (Fsp3) is 0.154. The zero-order chi connectivity index (χ0) is 12.1. The molecule has 0 unspecified atom stereocenters. The molecule has 0 aliphatic rings. The highest BCUT2D eigenvalue weighted by atomic mass is 35.5. The van der Waals surface area contributed by atoms with Crippen LogP contribution in [0.2, 0.25) is 5.02 Å². The lowest BCUT2D eigenvalue weighted by Gasteiger charge is -2.06. The van der Waals surface area contributed by atoms with Gasteiger partial charge in [0.1, 0.15) is 12.4 Å². The lowest BCUT2D eigenvalue weighted by Crippen LogP contribution is -1.98. The molecule has 1 aromatic carbocycles. The molecule has 1 aromatic heterocycles. The molecule has 2 N–H and O–H groups in total. The molecule has 0 radical (unpaired) electrons. The molecule has 0 spiro atoms. The summed E-state index contributed by atoms with van der Waals surface area (Å²) < 4.78 is 5.57. The van der Waals surface area contributed by atoms with E-state index < -0.39 is 0 Å². The second-order valence-corrected chi connectivity index (χ2v) is 4.08. The summed E-state index contributed by atoms with van der Waals surface area (Å²) in [6, 6.07) is 9.73. The van der Waals surface area contributed by atoms with Crippen molar-refractivity contribution in [3.63, 3.8) is 0 Å². The van der Waals surface area contributed by atoms with E-state index in [4.69, 9.17) is 22.1 Å². The normalized spacial score (nSPS) is 10.2. The Morgan fingerprint density at radius 2 is 1.82 bits per heavy atom. The van der Waals surface area contributed by atoms with Gasteiger partial charge in [-0.15, -0.1) is 0 Å². The molecule has 17 heavy (non-hydrogen) atoms. The minimum absolute atomic E-state index is 0.493. The van der Waals surface area contributed by atoms with Gasteiger partial charge in [0.05, 0.1) is 11.2 Å². The minimum Gasteiger partial charge on any atom is -0.487 e. The first-order valence-electron chi connectivity index (χ1n) is 5.29. The molecular weight excluding hydrogens is 236 g/mol. The molecule has 3 nitrogen and oxygen atoms in total. The number of benzene rings is 1. The summed E-state index contributed by atoms with van der Waals surface area (Å²) >= 11 is 5.81. The van der Waals surface area contributed by atoms with Crippen LogP contribution in [0, 0.1) is 0 Å². The summed E-state index contributed by atoms with van der Waals surface area (Å²) in [7, 11) is 0. The Morgan fingerprint density at radius 1 is 1.12 bits per heavy atom. The van der Waals surface area contributed by atoms with Crippen LogP contribution in [0.5, 0.6) is 5.75 Å². The van der Waals surface area contributed by atoms with Crippen molar-refractivity contribution in [1.29, 1.82) is 0 Å². The molecule has 0 aliphatic heterocycles. The standard InChI is InChI=1S/C13H13ClN2O/c14-12-5-13(8-16-7-12)17-9-11-3-1-10(6-15)2-4-11/h1-5,7-8H,6,9,15H2. The van der Waals surface area contributed by atoms with Crippen molar-refractivity contribution < 1.29 is 4.74 Å². The molecule has 88 valence electrons. The Labute approximate surface area is 105 Å².